The van der Waals surface area contributed by atoms with E-state index in [0.29, 0.717) is 6.61 Å². The van der Waals surface area contributed by atoms with Crippen LogP contribution in [0, 0.1) is 5.92 Å². The first-order valence-electron chi connectivity index (χ1n) is 6.81. The highest BCUT2D eigenvalue weighted by molar-refractivity contribution is 5.13. The summed E-state index contributed by atoms with van der Waals surface area (Å²) < 4.78 is 10.9. The number of hydrogen-bond acceptors (Lipinski definition) is 5. The van der Waals surface area contributed by atoms with Crippen LogP contribution in [-0.2, 0) is 16.1 Å². The lowest BCUT2D eigenvalue weighted by molar-refractivity contribution is -0.246. The summed E-state index contributed by atoms with van der Waals surface area (Å²) in [6, 6.07) is 9.05. The highest BCUT2D eigenvalue weighted by Gasteiger charge is 2.41. The minimum atomic E-state index is -1.30. The SMILES string of the molecule is CC1C(O)[C@H](O)OC(COCc2ccccc2)[C@@H]1N=[N+]=[N-]. The van der Waals surface area contributed by atoms with Gasteiger partial charge in [-0.3, -0.25) is 0 Å². The summed E-state index contributed by atoms with van der Waals surface area (Å²) in [4.78, 5) is 2.78. The Labute approximate surface area is 122 Å². The molecule has 0 spiro atoms. The van der Waals surface area contributed by atoms with Gasteiger partial charge in [0.2, 0.25) is 0 Å². The number of ether oxygens (including phenoxy) is 2. The van der Waals surface area contributed by atoms with Crippen LogP contribution in [0.5, 0.6) is 0 Å². The van der Waals surface area contributed by atoms with Gasteiger partial charge in [-0.15, -0.1) is 0 Å². The Kier molecular flexibility index (Phi) is 5.55. The minimum absolute atomic E-state index is 0.173. The van der Waals surface area contributed by atoms with Crippen LogP contribution in [0.1, 0.15) is 12.5 Å². The molecule has 7 heteroatoms. The lowest BCUT2D eigenvalue weighted by atomic mass is 9.89. The second-order valence-electron chi connectivity index (χ2n) is 5.11. The van der Waals surface area contributed by atoms with E-state index in [1.807, 2.05) is 30.3 Å². The van der Waals surface area contributed by atoms with Gasteiger partial charge in [-0.1, -0.05) is 42.4 Å². The lowest BCUT2D eigenvalue weighted by Gasteiger charge is -2.39. The van der Waals surface area contributed by atoms with E-state index in [9.17, 15) is 10.2 Å². The molecule has 0 amide bonds. The molecule has 0 aliphatic carbocycles. The fourth-order valence-corrected chi connectivity index (χ4v) is 2.38. The van der Waals surface area contributed by atoms with E-state index >= 15 is 0 Å². The van der Waals surface area contributed by atoms with Crippen LogP contribution in [0.4, 0.5) is 0 Å². The summed E-state index contributed by atoms with van der Waals surface area (Å²) in [6.45, 7) is 2.28. The zero-order valence-corrected chi connectivity index (χ0v) is 11.7. The molecule has 1 saturated heterocycles. The summed E-state index contributed by atoms with van der Waals surface area (Å²) in [5.74, 6) is -0.407. The van der Waals surface area contributed by atoms with E-state index in [1.54, 1.807) is 6.92 Å². The fraction of sp³-hybridized carbons (Fsp3) is 0.571. The van der Waals surface area contributed by atoms with Gasteiger partial charge in [-0.25, -0.2) is 0 Å². The number of nitrogens with zero attached hydrogens (tertiary/aromatic N) is 3. The van der Waals surface area contributed by atoms with Crippen LogP contribution in [0.3, 0.4) is 0 Å². The van der Waals surface area contributed by atoms with Gasteiger partial charge < -0.3 is 19.7 Å². The molecular weight excluding hydrogens is 274 g/mol. The van der Waals surface area contributed by atoms with Gasteiger partial charge in [0.25, 0.3) is 0 Å². The summed E-state index contributed by atoms with van der Waals surface area (Å²) >= 11 is 0. The molecule has 21 heavy (non-hydrogen) atoms. The van der Waals surface area contributed by atoms with Gasteiger partial charge >= 0.3 is 0 Å². The van der Waals surface area contributed by atoms with Gasteiger partial charge in [0.1, 0.15) is 6.10 Å². The molecule has 1 aromatic carbocycles. The highest BCUT2D eigenvalue weighted by Crippen LogP contribution is 2.27. The van der Waals surface area contributed by atoms with Gasteiger partial charge in [0.15, 0.2) is 6.29 Å². The number of aliphatic hydroxyl groups is 2. The number of hydrogen-bond donors (Lipinski definition) is 2. The average molecular weight is 293 g/mol. The Morgan fingerprint density at radius 2 is 2.05 bits per heavy atom. The van der Waals surface area contributed by atoms with Crippen LogP contribution in [0.15, 0.2) is 35.4 Å². The van der Waals surface area contributed by atoms with E-state index in [0.717, 1.165) is 5.56 Å². The first kappa shape index (κ1) is 15.8. The van der Waals surface area contributed by atoms with Gasteiger partial charge in [-0.2, -0.15) is 0 Å². The maximum Gasteiger partial charge on any atom is 0.181 e. The second kappa shape index (κ2) is 7.40. The molecule has 1 aliphatic heterocycles. The number of benzene rings is 1. The van der Waals surface area contributed by atoms with E-state index in [2.05, 4.69) is 10.0 Å². The fourth-order valence-electron chi connectivity index (χ4n) is 2.38. The zero-order chi connectivity index (χ0) is 15.2. The van der Waals surface area contributed by atoms with Gasteiger partial charge in [-0.05, 0) is 17.0 Å². The largest absolute Gasteiger partial charge is 0.388 e. The molecule has 1 fully saturated rings. The van der Waals surface area contributed by atoms with Crippen LogP contribution >= 0.6 is 0 Å². The van der Waals surface area contributed by atoms with Crippen molar-refractivity contribution >= 4 is 0 Å². The molecule has 7 nitrogen and oxygen atoms in total. The van der Waals surface area contributed by atoms with Gasteiger partial charge in [0.05, 0.1) is 25.4 Å². The number of rotatable bonds is 5. The minimum Gasteiger partial charge on any atom is -0.388 e. The highest BCUT2D eigenvalue weighted by atomic mass is 16.6. The molecule has 0 aromatic heterocycles. The molecule has 0 saturated carbocycles. The maximum atomic E-state index is 9.77. The smallest absolute Gasteiger partial charge is 0.181 e. The molecular formula is C14H19N3O4. The molecule has 3 unspecified atom stereocenters. The van der Waals surface area contributed by atoms with Crippen LogP contribution in [0.25, 0.3) is 10.4 Å². The van der Waals surface area contributed by atoms with Gasteiger partial charge in [0, 0.05) is 4.91 Å². The average Bonchev–Trinajstić information content (AvgIpc) is 2.50. The van der Waals surface area contributed by atoms with Crippen molar-refractivity contribution in [3.63, 3.8) is 0 Å². The molecule has 114 valence electrons. The lowest BCUT2D eigenvalue weighted by Crippen LogP contribution is -2.53. The summed E-state index contributed by atoms with van der Waals surface area (Å²) in [5.41, 5.74) is 9.64. The second-order valence-corrected chi connectivity index (χ2v) is 5.11. The van der Waals surface area contributed by atoms with Crippen LogP contribution < -0.4 is 0 Å². The van der Waals surface area contributed by atoms with E-state index < -0.39 is 30.5 Å². The van der Waals surface area contributed by atoms with Crippen LogP contribution in [-0.4, -0.2) is 41.4 Å². The van der Waals surface area contributed by atoms with E-state index in [4.69, 9.17) is 15.0 Å². The predicted octanol–water partition coefficient (Wildman–Crippen LogP) is 1.60. The molecule has 1 aromatic rings. The first-order valence-corrected chi connectivity index (χ1v) is 6.81. The molecule has 0 radical (unpaired) electrons. The number of aliphatic hydroxyl groups excluding tert-OH is 2. The molecule has 2 N–H and O–H groups in total. The third-order valence-corrected chi connectivity index (χ3v) is 3.64. The summed E-state index contributed by atoms with van der Waals surface area (Å²) in [6.07, 6.45) is -2.96. The molecule has 1 aliphatic rings. The third kappa shape index (κ3) is 3.93. The van der Waals surface area contributed by atoms with Crippen molar-refractivity contribution in [3.05, 3.63) is 46.3 Å². The quantitative estimate of drug-likeness (QED) is 0.488. The summed E-state index contributed by atoms with van der Waals surface area (Å²) in [5, 5.41) is 23.1. The normalized spacial score (nSPS) is 32.4. The van der Waals surface area contributed by atoms with E-state index in [1.165, 1.54) is 0 Å². The Balaban J connectivity index is 1.94. The maximum absolute atomic E-state index is 9.77. The third-order valence-electron chi connectivity index (χ3n) is 3.64. The standard InChI is InChI=1S/C14H19N3O4/c1-9-12(16-17-15)11(21-14(19)13(9)18)8-20-7-10-5-3-2-4-6-10/h2-6,9,11-14,18-19H,7-8H2,1H3/t9?,11?,12-,13?,14-/m1/s1. The van der Waals surface area contributed by atoms with Crippen molar-refractivity contribution in [3.8, 4) is 0 Å². The molecule has 5 atom stereocenters. The Morgan fingerprint density at radius 1 is 1.33 bits per heavy atom. The topological polar surface area (TPSA) is 108 Å². The monoisotopic (exact) mass is 293 g/mol. The molecule has 1 heterocycles. The predicted molar refractivity (Wildman–Crippen MR) is 75.1 cm³/mol. The van der Waals surface area contributed by atoms with Crippen molar-refractivity contribution in [1.29, 1.82) is 0 Å². The van der Waals surface area contributed by atoms with E-state index in [-0.39, 0.29) is 6.61 Å². The Morgan fingerprint density at radius 3 is 2.71 bits per heavy atom. The first-order chi connectivity index (χ1) is 10.1. The van der Waals surface area contributed by atoms with Crippen molar-refractivity contribution in [2.75, 3.05) is 6.61 Å². The zero-order valence-electron chi connectivity index (χ0n) is 11.7. The van der Waals surface area contributed by atoms with Crippen molar-refractivity contribution in [2.45, 2.75) is 38.1 Å². The number of azide groups is 1. The van der Waals surface area contributed by atoms with Crippen molar-refractivity contribution in [1.82, 2.24) is 0 Å². The van der Waals surface area contributed by atoms with Crippen LogP contribution in [0.2, 0.25) is 0 Å². The Bertz CT molecular complexity index is 492. The van der Waals surface area contributed by atoms with Crippen molar-refractivity contribution in [2.24, 2.45) is 11.0 Å². The molecule has 2 rings (SSSR count). The van der Waals surface area contributed by atoms with Crippen molar-refractivity contribution < 1.29 is 19.7 Å². The summed E-state index contributed by atoms with van der Waals surface area (Å²) in [7, 11) is 0. The Hall–Kier alpha value is -1.63. The molecule has 0 bridgehead atoms.